The minimum atomic E-state index is 0.551. The Morgan fingerprint density at radius 1 is 0.288 bits per heavy atom. The van der Waals surface area contributed by atoms with Crippen LogP contribution in [-0.4, -0.2) is 15.0 Å². The number of fused-ring (bicyclic) bond motifs is 8. The first-order chi connectivity index (χ1) is 29.2. The van der Waals surface area contributed by atoms with Gasteiger partial charge in [-0.25, -0.2) is 15.0 Å². The van der Waals surface area contributed by atoms with Gasteiger partial charge in [-0.05, 0) is 89.6 Å². The predicted octanol–water partition coefficient (Wildman–Crippen LogP) is 14.7. The third kappa shape index (κ3) is 5.49. The van der Waals surface area contributed by atoms with E-state index in [4.69, 9.17) is 19.4 Å². The molecule has 0 unspecified atom stereocenters. The van der Waals surface area contributed by atoms with E-state index >= 15 is 0 Å². The van der Waals surface area contributed by atoms with Crippen LogP contribution in [0.4, 0.5) is 0 Å². The number of hydrogen-bond acceptors (Lipinski definition) is 4. The lowest BCUT2D eigenvalue weighted by Crippen LogP contribution is -2.02. The third-order valence-electron chi connectivity index (χ3n) is 11.7. The number of aromatic nitrogens is 3. The van der Waals surface area contributed by atoms with E-state index in [-0.39, 0.29) is 0 Å². The van der Waals surface area contributed by atoms with Crippen molar-refractivity contribution in [1.82, 2.24) is 15.0 Å². The highest BCUT2D eigenvalue weighted by atomic mass is 16.3. The molecule has 274 valence electrons. The number of rotatable bonds is 5. The number of furan rings is 1. The molecule has 10 aromatic carbocycles. The van der Waals surface area contributed by atoms with Crippen LogP contribution in [0.3, 0.4) is 0 Å². The van der Waals surface area contributed by atoms with Gasteiger partial charge in [-0.1, -0.05) is 176 Å². The second-order valence-corrected chi connectivity index (χ2v) is 15.1. The van der Waals surface area contributed by atoms with Gasteiger partial charge >= 0.3 is 0 Å². The molecular formula is C55H33N3O. The van der Waals surface area contributed by atoms with Crippen molar-refractivity contribution >= 4 is 65.0 Å². The number of para-hydroxylation sites is 2. The molecule has 0 aliphatic heterocycles. The predicted molar refractivity (Wildman–Crippen MR) is 244 cm³/mol. The van der Waals surface area contributed by atoms with Crippen molar-refractivity contribution in [3.63, 3.8) is 0 Å². The SMILES string of the molecule is c1ccc2cc(-c3ccc(-c4nc(-c5c(-c6cc7ccccc7c7ccccc67)ccc6ccccc56)nc(-c5cccc6c5oc5ccccc56)n4)cc3)ccc2c1. The van der Waals surface area contributed by atoms with Crippen molar-refractivity contribution in [2.45, 2.75) is 0 Å². The van der Waals surface area contributed by atoms with E-state index in [2.05, 4.69) is 182 Å². The fourth-order valence-electron chi connectivity index (χ4n) is 8.86. The maximum absolute atomic E-state index is 6.58. The highest BCUT2D eigenvalue weighted by Gasteiger charge is 2.22. The molecule has 4 heteroatoms. The van der Waals surface area contributed by atoms with Crippen molar-refractivity contribution in [2.24, 2.45) is 0 Å². The average Bonchev–Trinajstić information content (AvgIpc) is 3.70. The molecule has 2 aromatic heterocycles. The van der Waals surface area contributed by atoms with Crippen LogP contribution in [-0.2, 0) is 0 Å². The molecular weight excluding hydrogens is 719 g/mol. The van der Waals surface area contributed by atoms with E-state index in [0.29, 0.717) is 17.5 Å². The summed E-state index contributed by atoms with van der Waals surface area (Å²) in [7, 11) is 0. The summed E-state index contributed by atoms with van der Waals surface area (Å²) < 4.78 is 6.58. The summed E-state index contributed by atoms with van der Waals surface area (Å²) in [5, 5.41) is 11.5. The summed E-state index contributed by atoms with van der Waals surface area (Å²) in [5.74, 6) is 1.74. The van der Waals surface area contributed by atoms with Crippen LogP contribution in [0.15, 0.2) is 205 Å². The molecule has 0 saturated heterocycles. The van der Waals surface area contributed by atoms with Crippen LogP contribution in [0, 0.1) is 0 Å². The molecule has 0 bridgehead atoms. The van der Waals surface area contributed by atoms with Gasteiger partial charge in [-0.15, -0.1) is 0 Å². The van der Waals surface area contributed by atoms with E-state index in [1.165, 1.54) is 32.3 Å². The lowest BCUT2D eigenvalue weighted by molar-refractivity contribution is 0.669. The van der Waals surface area contributed by atoms with Gasteiger partial charge in [0.25, 0.3) is 0 Å². The Balaban J connectivity index is 1.12. The standard InChI is InChI=1S/C55H33N3O/c1-2-14-38-32-39(29-26-34(38)12-1)35-24-27-37(28-25-35)53-56-54(48-22-11-21-47-45-20-9-10-23-50(45)59-52(47)48)58-55(57-53)51-42-17-6-3-13-36(42)30-31-46(51)49-33-40-15-4-5-16-41(40)43-18-7-8-19-44(43)49/h1-33H. The molecule has 0 N–H and O–H groups in total. The molecule has 0 spiro atoms. The van der Waals surface area contributed by atoms with Crippen LogP contribution < -0.4 is 0 Å². The molecule has 0 amide bonds. The van der Waals surface area contributed by atoms with Gasteiger partial charge in [0.05, 0.1) is 5.56 Å². The molecule has 12 rings (SSSR count). The van der Waals surface area contributed by atoms with E-state index in [0.717, 1.165) is 71.7 Å². The van der Waals surface area contributed by atoms with Crippen LogP contribution in [0.2, 0.25) is 0 Å². The molecule has 59 heavy (non-hydrogen) atoms. The first-order valence-corrected chi connectivity index (χ1v) is 19.9. The summed E-state index contributed by atoms with van der Waals surface area (Å²) >= 11 is 0. The Labute approximate surface area is 339 Å². The Morgan fingerprint density at radius 3 is 1.73 bits per heavy atom. The summed E-state index contributed by atoms with van der Waals surface area (Å²) in [6, 6.07) is 70.6. The lowest BCUT2D eigenvalue weighted by Gasteiger charge is -2.17. The minimum absolute atomic E-state index is 0.551. The highest BCUT2D eigenvalue weighted by Crippen LogP contribution is 2.43. The van der Waals surface area contributed by atoms with Crippen LogP contribution >= 0.6 is 0 Å². The topological polar surface area (TPSA) is 51.8 Å². The molecule has 0 saturated carbocycles. The summed E-state index contributed by atoms with van der Waals surface area (Å²) in [6.07, 6.45) is 0. The molecule has 0 atom stereocenters. The summed E-state index contributed by atoms with van der Waals surface area (Å²) in [4.78, 5) is 16.1. The quantitative estimate of drug-likeness (QED) is 0.164. The Hall–Kier alpha value is -7.95. The van der Waals surface area contributed by atoms with Crippen molar-refractivity contribution in [1.29, 1.82) is 0 Å². The second kappa shape index (κ2) is 13.3. The Kier molecular flexibility index (Phi) is 7.50. The third-order valence-corrected chi connectivity index (χ3v) is 11.7. The van der Waals surface area contributed by atoms with Gasteiger partial charge in [0.1, 0.15) is 11.2 Å². The van der Waals surface area contributed by atoms with Gasteiger partial charge in [-0.3, -0.25) is 0 Å². The van der Waals surface area contributed by atoms with Crippen LogP contribution in [0.5, 0.6) is 0 Å². The summed E-state index contributed by atoms with van der Waals surface area (Å²) in [5.41, 5.74) is 8.72. The molecule has 12 aromatic rings. The van der Waals surface area contributed by atoms with Crippen molar-refractivity contribution in [3.05, 3.63) is 200 Å². The zero-order valence-corrected chi connectivity index (χ0v) is 31.8. The first kappa shape index (κ1) is 33.2. The average molecular weight is 752 g/mol. The Bertz CT molecular complexity index is 3620. The normalized spacial score (nSPS) is 11.7. The molecule has 4 nitrogen and oxygen atoms in total. The van der Waals surface area contributed by atoms with Gasteiger partial charge in [0.2, 0.25) is 0 Å². The van der Waals surface area contributed by atoms with Crippen molar-refractivity contribution < 1.29 is 4.42 Å². The van der Waals surface area contributed by atoms with Gasteiger partial charge in [0, 0.05) is 21.9 Å². The van der Waals surface area contributed by atoms with E-state index < -0.39 is 0 Å². The fraction of sp³-hybridized carbons (Fsp3) is 0. The number of nitrogens with zero attached hydrogens (tertiary/aromatic N) is 3. The highest BCUT2D eigenvalue weighted by molar-refractivity contribution is 6.16. The molecule has 0 aliphatic rings. The smallest absolute Gasteiger partial charge is 0.167 e. The Morgan fingerprint density at radius 2 is 0.881 bits per heavy atom. The van der Waals surface area contributed by atoms with E-state index in [1.807, 2.05) is 18.2 Å². The van der Waals surface area contributed by atoms with Gasteiger partial charge in [0.15, 0.2) is 17.5 Å². The number of benzene rings is 10. The maximum atomic E-state index is 6.58. The largest absolute Gasteiger partial charge is 0.455 e. The zero-order valence-electron chi connectivity index (χ0n) is 31.8. The van der Waals surface area contributed by atoms with Crippen molar-refractivity contribution in [2.75, 3.05) is 0 Å². The van der Waals surface area contributed by atoms with Crippen molar-refractivity contribution in [3.8, 4) is 56.4 Å². The zero-order chi connectivity index (χ0) is 38.9. The van der Waals surface area contributed by atoms with Crippen LogP contribution in [0.1, 0.15) is 0 Å². The molecule has 0 radical (unpaired) electrons. The van der Waals surface area contributed by atoms with Crippen LogP contribution in [0.25, 0.3) is 121 Å². The molecule has 0 fully saturated rings. The minimum Gasteiger partial charge on any atom is -0.455 e. The molecule has 2 heterocycles. The van der Waals surface area contributed by atoms with E-state index in [9.17, 15) is 0 Å². The monoisotopic (exact) mass is 751 g/mol. The lowest BCUT2D eigenvalue weighted by atomic mass is 9.88. The fourth-order valence-corrected chi connectivity index (χ4v) is 8.86. The first-order valence-electron chi connectivity index (χ1n) is 19.9. The van der Waals surface area contributed by atoms with E-state index in [1.54, 1.807) is 0 Å². The maximum Gasteiger partial charge on any atom is 0.167 e. The summed E-state index contributed by atoms with van der Waals surface area (Å²) in [6.45, 7) is 0. The van der Waals surface area contributed by atoms with Gasteiger partial charge in [-0.2, -0.15) is 0 Å². The number of hydrogen-bond donors (Lipinski definition) is 0. The molecule has 0 aliphatic carbocycles. The van der Waals surface area contributed by atoms with Gasteiger partial charge < -0.3 is 4.42 Å². The second-order valence-electron chi connectivity index (χ2n) is 15.1.